The fourth-order valence-corrected chi connectivity index (χ4v) is 5.72. The minimum atomic E-state index is 0.289. The highest BCUT2D eigenvalue weighted by molar-refractivity contribution is 9.10. The lowest BCUT2D eigenvalue weighted by Gasteiger charge is -1.98. The molecule has 0 radical (unpaired) electrons. The molecular weight excluding hydrogens is 516 g/mol. The van der Waals surface area contributed by atoms with E-state index in [9.17, 15) is 4.79 Å². The van der Waals surface area contributed by atoms with Crippen molar-refractivity contribution in [3.05, 3.63) is 67.9 Å². The molecule has 2 N–H and O–H groups in total. The van der Waals surface area contributed by atoms with Crippen LogP contribution >= 0.6 is 31.9 Å². The Morgan fingerprint density at radius 3 is 2.03 bits per heavy atom. The normalized spacial score (nSPS) is 16.3. The quantitative estimate of drug-likeness (QED) is 0.217. The van der Waals surface area contributed by atoms with E-state index in [0.29, 0.717) is 6.42 Å². The maximum absolute atomic E-state index is 12.1. The van der Waals surface area contributed by atoms with Crippen molar-refractivity contribution in [2.75, 3.05) is 0 Å². The van der Waals surface area contributed by atoms with Gasteiger partial charge in [0.2, 0.25) is 0 Å². The van der Waals surface area contributed by atoms with Gasteiger partial charge in [0.15, 0.2) is 5.78 Å². The van der Waals surface area contributed by atoms with Gasteiger partial charge in [-0.05, 0) is 86.9 Å². The van der Waals surface area contributed by atoms with Crippen molar-refractivity contribution < 1.29 is 4.79 Å². The van der Waals surface area contributed by atoms with Crippen LogP contribution in [-0.2, 0) is 19.3 Å². The zero-order valence-corrected chi connectivity index (χ0v) is 20.7. The molecule has 31 heavy (non-hydrogen) atoms. The molecule has 2 aromatic heterocycles. The van der Waals surface area contributed by atoms with Crippen LogP contribution in [0.2, 0.25) is 0 Å². The summed E-state index contributed by atoms with van der Waals surface area (Å²) in [7, 11) is 0. The average molecular weight is 542 g/mol. The first-order valence-electron chi connectivity index (χ1n) is 11.2. The molecule has 6 rings (SSSR count). The molecule has 0 saturated heterocycles. The first kappa shape index (κ1) is 21.0. The molecule has 4 aromatic rings. The zero-order chi connectivity index (χ0) is 21.4. The fourth-order valence-electron chi connectivity index (χ4n) is 4.99. The Bertz CT molecular complexity index is 1270. The second-order valence-corrected chi connectivity index (χ2v) is 10.5. The van der Waals surface area contributed by atoms with Crippen molar-refractivity contribution in [2.24, 2.45) is 0 Å². The standard InChI is InChI=1S/C13H12BrNO.C13H14BrN/c14-8-5-6-10-9(7-8)13-11(15-10)3-1-2-4-12(13)16;14-9-6-7-13-11(8-9)10-4-2-1-3-5-12(10)15-13/h5-7,15H,1-4H2;6-8,15H,1-5H2. The van der Waals surface area contributed by atoms with Gasteiger partial charge in [-0.1, -0.05) is 38.3 Å². The largest absolute Gasteiger partial charge is 0.358 e. The van der Waals surface area contributed by atoms with Gasteiger partial charge in [-0.15, -0.1) is 0 Å². The van der Waals surface area contributed by atoms with E-state index in [1.54, 1.807) is 5.56 Å². The summed E-state index contributed by atoms with van der Waals surface area (Å²) < 4.78 is 2.21. The second-order valence-electron chi connectivity index (χ2n) is 8.63. The Labute approximate surface area is 199 Å². The molecule has 2 aliphatic carbocycles. The molecule has 0 fully saturated rings. The van der Waals surface area contributed by atoms with Gasteiger partial charge >= 0.3 is 0 Å². The van der Waals surface area contributed by atoms with Gasteiger partial charge in [-0.3, -0.25) is 4.79 Å². The number of nitrogens with one attached hydrogen (secondary N) is 2. The van der Waals surface area contributed by atoms with Gasteiger partial charge in [0, 0.05) is 54.1 Å². The SMILES string of the molecule is Brc1ccc2[nH]c3c(c2c1)CCCCC3.O=C1CCCCc2[nH]c3ccc(Br)cc3c21. The summed E-state index contributed by atoms with van der Waals surface area (Å²) in [5.74, 6) is 0.289. The minimum Gasteiger partial charge on any atom is -0.358 e. The van der Waals surface area contributed by atoms with Crippen LogP contribution < -0.4 is 0 Å². The molecule has 0 aliphatic heterocycles. The number of aryl methyl sites for hydroxylation is 3. The smallest absolute Gasteiger partial charge is 0.165 e. The van der Waals surface area contributed by atoms with Crippen molar-refractivity contribution in [2.45, 2.75) is 57.8 Å². The average Bonchev–Trinajstić information content (AvgIpc) is 3.09. The van der Waals surface area contributed by atoms with E-state index in [0.717, 1.165) is 45.9 Å². The Kier molecular flexibility index (Phi) is 6.07. The van der Waals surface area contributed by atoms with Gasteiger partial charge in [-0.25, -0.2) is 0 Å². The van der Waals surface area contributed by atoms with Gasteiger partial charge in [0.25, 0.3) is 0 Å². The number of aromatic nitrogens is 2. The van der Waals surface area contributed by atoms with Crippen LogP contribution in [0.1, 0.15) is 65.8 Å². The van der Waals surface area contributed by atoms with E-state index in [1.165, 1.54) is 53.2 Å². The highest BCUT2D eigenvalue weighted by atomic mass is 79.9. The molecule has 0 bridgehead atoms. The maximum Gasteiger partial charge on any atom is 0.165 e. The number of Topliss-reactive ketones (excluding diaryl/α,β-unsaturated/α-hetero) is 1. The minimum absolute atomic E-state index is 0.289. The van der Waals surface area contributed by atoms with Crippen LogP contribution in [0.25, 0.3) is 21.8 Å². The van der Waals surface area contributed by atoms with Crippen LogP contribution in [0.3, 0.4) is 0 Å². The number of halogens is 2. The van der Waals surface area contributed by atoms with Crippen LogP contribution in [0, 0.1) is 0 Å². The molecule has 0 amide bonds. The summed E-state index contributed by atoms with van der Waals surface area (Å²) in [5, 5.41) is 2.48. The number of rotatable bonds is 0. The third kappa shape index (κ3) is 4.27. The Hall–Kier alpha value is -1.85. The molecule has 0 atom stereocenters. The van der Waals surface area contributed by atoms with E-state index in [-0.39, 0.29) is 5.78 Å². The van der Waals surface area contributed by atoms with Crippen LogP contribution in [-0.4, -0.2) is 15.8 Å². The fraction of sp³-hybridized carbons (Fsp3) is 0.346. The molecule has 0 unspecified atom stereocenters. The van der Waals surface area contributed by atoms with Crippen molar-refractivity contribution >= 4 is 59.4 Å². The second kappa shape index (κ2) is 8.95. The Morgan fingerprint density at radius 1 is 0.645 bits per heavy atom. The maximum atomic E-state index is 12.1. The number of hydrogen-bond donors (Lipinski definition) is 2. The molecule has 5 heteroatoms. The summed E-state index contributed by atoms with van der Waals surface area (Å²) in [5.41, 5.74) is 7.45. The topological polar surface area (TPSA) is 48.6 Å². The number of aromatic amines is 2. The summed E-state index contributed by atoms with van der Waals surface area (Å²) in [6.45, 7) is 0. The molecule has 2 heterocycles. The van der Waals surface area contributed by atoms with Crippen molar-refractivity contribution in [3.63, 3.8) is 0 Å². The van der Waals surface area contributed by atoms with Crippen LogP contribution in [0.5, 0.6) is 0 Å². The summed E-state index contributed by atoms with van der Waals surface area (Å²) in [6, 6.07) is 12.6. The van der Waals surface area contributed by atoms with Gasteiger partial charge in [0.05, 0.1) is 0 Å². The van der Waals surface area contributed by atoms with Crippen LogP contribution in [0.15, 0.2) is 45.3 Å². The van der Waals surface area contributed by atoms with Gasteiger partial charge in [-0.2, -0.15) is 0 Å². The van der Waals surface area contributed by atoms with E-state index in [2.05, 4.69) is 60.0 Å². The predicted molar refractivity (Wildman–Crippen MR) is 135 cm³/mol. The molecule has 2 aliphatic rings. The molecule has 0 saturated carbocycles. The predicted octanol–water partition coefficient (Wildman–Crippen LogP) is 8.04. The van der Waals surface area contributed by atoms with Crippen molar-refractivity contribution in [1.82, 2.24) is 9.97 Å². The molecule has 0 spiro atoms. The highest BCUT2D eigenvalue weighted by Gasteiger charge is 2.20. The lowest BCUT2D eigenvalue weighted by atomic mass is 10.1. The van der Waals surface area contributed by atoms with Crippen molar-refractivity contribution in [1.29, 1.82) is 0 Å². The third-order valence-electron chi connectivity index (χ3n) is 6.51. The lowest BCUT2D eigenvalue weighted by Crippen LogP contribution is -1.97. The molecule has 2 aromatic carbocycles. The summed E-state index contributed by atoms with van der Waals surface area (Å²) in [6.07, 6.45) is 10.3. The molecule has 3 nitrogen and oxygen atoms in total. The third-order valence-corrected chi connectivity index (χ3v) is 7.49. The number of fused-ring (bicyclic) bond motifs is 6. The first-order chi connectivity index (χ1) is 15.1. The van der Waals surface area contributed by atoms with E-state index < -0.39 is 0 Å². The number of carbonyl (C=O) groups is 1. The molecule has 160 valence electrons. The van der Waals surface area contributed by atoms with Crippen LogP contribution in [0.4, 0.5) is 0 Å². The highest BCUT2D eigenvalue weighted by Crippen LogP contribution is 2.31. The van der Waals surface area contributed by atoms with Gasteiger partial charge < -0.3 is 9.97 Å². The van der Waals surface area contributed by atoms with E-state index in [4.69, 9.17) is 0 Å². The lowest BCUT2D eigenvalue weighted by molar-refractivity contribution is 0.0983. The Morgan fingerprint density at radius 2 is 1.23 bits per heavy atom. The number of carbonyl (C=O) groups excluding carboxylic acids is 1. The number of H-pyrrole nitrogens is 2. The van der Waals surface area contributed by atoms with Crippen molar-refractivity contribution in [3.8, 4) is 0 Å². The summed E-state index contributed by atoms with van der Waals surface area (Å²) >= 11 is 7.01. The first-order valence-corrected chi connectivity index (χ1v) is 12.8. The number of hydrogen-bond acceptors (Lipinski definition) is 1. The monoisotopic (exact) mass is 540 g/mol. The number of benzene rings is 2. The summed E-state index contributed by atoms with van der Waals surface area (Å²) in [4.78, 5) is 19.0. The number of ketones is 1. The molecular formula is C26H26Br2N2O. The zero-order valence-electron chi connectivity index (χ0n) is 17.5. The van der Waals surface area contributed by atoms with Gasteiger partial charge in [0.1, 0.15) is 0 Å². The van der Waals surface area contributed by atoms with E-state index >= 15 is 0 Å². The van der Waals surface area contributed by atoms with E-state index in [1.807, 2.05) is 18.2 Å². The Balaban J connectivity index is 0.000000132.